The van der Waals surface area contributed by atoms with Gasteiger partial charge in [-0.05, 0) is 43.2 Å². The first kappa shape index (κ1) is 11.6. The Kier molecular flexibility index (Phi) is 2.43. The van der Waals surface area contributed by atoms with E-state index in [-0.39, 0.29) is 0 Å². The van der Waals surface area contributed by atoms with Crippen LogP contribution < -0.4 is 5.32 Å². The molecule has 1 heterocycles. The van der Waals surface area contributed by atoms with E-state index in [1.54, 1.807) is 0 Å². The van der Waals surface area contributed by atoms with Gasteiger partial charge in [0.25, 0.3) is 0 Å². The third-order valence-electron chi connectivity index (χ3n) is 3.54. The number of hydrogen-bond acceptors (Lipinski definition) is 2. The lowest BCUT2D eigenvalue weighted by atomic mass is 9.87. The summed E-state index contributed by atoms with van der Waals surface area (Å²) < 4.78 is 0. The minimum Gasteiger partial charge on any atom is -0.352 e. The van der Waals surface area contributed by atoms with Crippen LogP contribution in [0.2, 0.25) is 0 Å². The molecule has 0 aromatic heterocycles. The highest BCUT2D eigenvalue weighted by Gasteiger charge is 2.26. The summed E-state index contributed by atoms with van der Waals surface area (Å²) in [5.74, 6) is 2.74. The van der Waals surface area contributed by atoms with Crippen LogP contribution in [0.3, 0.4) is 0 Å². The number of terminal acetylenes is 1. The van der Waals surface area contributed by atoms with Gasteiger partial charge in [0.05, 0.1) is 17.1 Å². The van der Waals surface area contributed by atoms with Crippen molar-refractivity contribution in [2.24, 2.45) is 0 Å². The monoisotopic (exact) mass is 246 g/mol. The molecule has 92 valence electrons. The molecule has 19 heavy (non-hydrogen) atoms. The van der Waals surface area contributed by atoms with Gasteiger partial charge in [-0.25, -0.2) is 0 Å². The molecule has 2 nitrogen and oxygen atoms in total. The van der Waals surface area contributed by atoms with E-state index in [1.165, 1.54) is 5.56 Å². The van der Waals surface area contributed by atoms with Gasteiger partial charge in [0, 0.05) is 16.7 Å². The van der Waals surface area contributed by atoms with Crippen molar-refractivity contribution in [3.63, 3.8) is 0 Å². The smallest absolute Gasteiger partial charge is 0.0706 e. The summed E-state index contributed by atoms with van der Waals surface area (Å²) in [5.41, 5.74) is 7.79. The number of anilines is 2. The van der Waals surface area contributed by atoms with Crippen molar-refractivity contribution in [3.05, 3.63) is 52.6 Å². The minimum atomic E-state index is 0.508. The second kappa shape index (κ2) is 4.00. The van der Waals surface area contributed by atoms with Crippen molar-refractivity contribution in [3.8, 4) is 12.3 Å². The summed E-state index contributed by atoms with van der Waals surface area (Å²) in [5, 5.41) is 11.3. The molecule has 1 aliphatic heterocycles. The van der Waals surface area contributed by atoms with E-state index in [0.717, 1.165) is 33.7 Å². The molecule has 0 saturated carbocycles. The highest BCUT2D eigenvalue weighted by Crippen LogP contribution is 2.48. The summed E-state index contributed by atoms with van der Waals surface area (Å²) in [6, 6.07) is 4.15. The number of fused-ring (bicyclic) bond motifs is 1. The zero-order valence-electron chi connectivity index (χ0n) is 11.0. The molecular formula is C17H14N2. The van der Waals surface area contributed by atoms with Crippen molar-refractivity contribution >= 4 is 22.7 Å². The van der Waals surface area contributed by atoms with Crippen molar-refractivity contribution in [2.75, 3.05) is 5.32 Å². The van der Waals surface area contributed by atoms with Gasteiger partial charge in [-0.15, -0.1) is 6.42 Å². The Morgan fingerprint density at radius 1 is 1.32 bits per heavy atom. The fourth-order valence-electron chi connectivity index (χ4n) is 2.44. The van der Waals surface area contributed by atoms with E-state index in [2.05, 4.69) is 30.3 Å². The summed E-state index contributed by atoms with van der Waals surface area (Å²) in [6.07, 6.45) is 11.3. The lowest BCUT2D eigenvalue weighted by molar-refractivity contribution is 1.43. The third-order valence-corrected chi connectivity index (χ3v) is 3.54. The first-order valence-electron chi connectivity index (χ1n) is 6.22. The van der Waals surface area contributed by atoms with Crippen molar-refractivity contribution in [1.29, 1.82) is 5.41 Å². The second-order valence-electron chi connectivity index (χ2n) is 4.72. The Morgan fingerprint density at radius 2 is 2.11 bits per heavy atom. The van der Waals surface area contributed by atoms with Crippen LogP contribution in [0.1, 0.15) is 18.1 Å². The lowest BCUT2D eigenvalue weighted by Crippen LogP contribution is -2.05. The van der Waals surface area contributed by atoms with Crippen LogP contribution >= 0.6 is 0 Å². The predicted molar refractivity (Wildman–Crippen MR) is 80.8 cm³/mol. The SMILES string of the molecule is C#CC1=C/C(=C/C)C(=N)C=C1c1c(C)ccc2c1N2. The van der Waals surface area contributed by atoms with Crippen LogP contribution in [0, 0.1) is 24.7 Å². The summed E-state index contributed by atoms with van der Waals surface area (Å²) >= 11 is 0. The van der Waals surface area contributed by atoms with Gasteiger partial charge in [0.15, 0.2) is 0 Å². The number of nitrogens with one attached hydrogen (secondary N) is 2. The maximum absolute atomic E-state index is 8.07. The number of hydrogen-bond donors (Lipinski definition) is 2. The molecule has 0 saturated heterocycles. The Labute approximate surface area is 113 Å². The van der Waals surface area contributed by atoms with Crippen LogP contribution in [-0.4, -0.2) is 5.71 Å². The summed E-state index contributed by atoms with van der Waals surface area (Å²) in [7, 11) is 0. The van der Waals surface area contributed by atoms with E-state index in [4.69, 9.17) is 11.8 Å². The highest BCUT2D eigenvalue weighted by molar-refractivity contribution is 6.19. The van der Waals surface area contributed by atoms with Crippen molar-refractivity contribution in [2.45, 2.75) is 13.8 Å². The first-order valence-corrected chi connectivity index (χ1v) is 6.22. The Balaban J connectivity index is 2.19. The van der Waals surface area contributed by atoms with Crippen LogP contribution in [0.4, 0.5) is 11.4 Å². The zero-order valence-corrected chi connectivity index (χ0v) is 11.0. The molecule has 0 spiro atoms. The summed E-state index contributed by atoms with van der Waals surface area (Å²) in [6.45, 7) is 3.99. The van der Waals surface area contributed by atoms with Crippen molar-refractivity contribution in [1.82, 2.24) is 0 Å². The molecule has 1 aromatic carbocycles. The fourth-order valence-corrected chi connectivity index (χ4v) is 2.44. The molecule has 0 amide bonds. The Morgan fingerprint density at radius 3 is 2.79 bits per heavy atom. The van der Waals surface area contributed by atoms with E-state index in [0.29, 0.717) is 5.71 Å². The zero-order chi connectivity index (χ0) is 13.6. The van der Waals surface area contributed by atoms with Gasteiger partial charge in [0.1, 0.15) is 0 Å². The number of rotatable bonds is 1. The van der Waals surface area contributed by atoms with Gasteiger partial charge < -0.3 is 10.7 Å². The first-order chi connectivity index (χ1) is 9.15. The molecule has 1 aliphatic carbocycles. The second-order valence-corrected chi connectivity index (χ2v) is 4.72. The fraction of sp³-hybridized carbons (Fsp3) is 0.118. The van der Waals surface area contributed by atoms with Gasteiger partial charge in [-0.3, -0.25) is 0 Å². The van der Waals surface area contributed by atoms with Gasteiger partial charge in [-0.2, -0.15) is 0 Å². The van der Waals surface area contributed by atoms with E-state index < -0.39 is 0 Å². The number of aryl methyl sites for hydroxylation is 1. The maximum Gasteiger partial charge on any atom is 0.0706 e. The lowest BCUT2D eigenvalue weighted by Gasteiger charge is -2.16. The average Bonchev–Trinajstić information content (AvgIpc) is 3.17. The van der Waals surface area contributed by atoms with E-state index >= 15 is 0 Å². The molecule has 0 bridgehead atoms. The average molecular weight is 246 g/mol. The van der Waals surface area contributed by atoms with Crippen LogP contribution in [0.15, 0.2) is 41.5 Å². The van der Waals surface area contributed by atoms with Gasteiger partial charge >= 0.3 is 0 Å². The normalized spacial score (nSPS) is 18.2. The van der Waals surface area contributed by atoms with Crippen LogP contribution in [0.5, 0.6) is 0 Å². The van der Waals surface area contributed by atoms with Crippen molar-refractivity contribution < 1.29 is 0 Å². The summed E-state index contributed by atoms with van der Waals surface area (Å²) in [4.78, 5) is 0. The van der Waals surface area contributed by atoms with Crippen LogP contribution in [0.25, 0.3) is 5.57 Å². The Hall–Kier alpha value is -2.53. The molecule has 2 N–H and O–H groups in total. The molecular weight excluding hydrogens is 232 g/mol. The van der Waals surface area contributed by atoms with Gasteiger partial charge in [-0.1, -0.05) is 18.1 Å². The number of benzene rings is 1. The molecule has 0 radical (unpaired) electrons. The largest absolute Gasteiger partial charge is 0.352 e. The molecule has 1 aromatic rings. The minimum absolute atomic E-state index is 0.508. The topological polar surface area (TPSA) is 45.8 Å². The highest BCUT2D eigenvalue weighted by atomic mass is 15.0. The molecule has 0 fully saturated rings. The molecule has 2 aliphatic rings. The number of allylic oxidation sites excluding steroid dienone is 6. The van der Waals surface area contributed by atoms with E-state index in [9.17, 15) is 0 Å². The molecule has 0 atom stereocenters. The molecule has 0 unspecified atom stereocenters. The quantitative estimate of drug-likeness (QED) is 0.580. The predicted octanol–water partition coefficient (Wildman–Crippen LogP) is 3.97. The molecule has 3 rings (SSSR count). The maximum atomic E-state index is 8.07. The molecule has 2 heteroatoms. The van der Waals surface area contributed by atoms with Gasteiger partial charge in [0.2, 0.25) is 0 Å². The standard InChI is InChI=1S/C17H14N2/c1-4-11-8-12(5-2)14(18)9-13(11)16-10(3)6-7-15-17(16)19-15/h1,5-9,18-19H,2-3H3/b12-5-,18-14?. The van der Waals surface area contributed by atoms with Crippen LogP contribution in [-0.2, 0) is 0 Å². The Bertz CT molecular complexity index is 734. The third kappa shape index (κ3) is 1.71. The van der Waals surface area contributed by atoms with E-state index in [1.807, 2.05) is 25.2 Å².